The lowest BCUT2D eigenvalue weighted by molar-refractivity contribution is -0.135. The fourth-order valence-electron chi connectivity index (χ4n) is 6.26. The van der Waals surface area contributed by atoms with Crippen molar-refractivity contribution in [2.75, 3.05) is 51.2 Å². The summed E-state index contributed by atoms with van der Waals surface area (Å²) < 4.78 is 3.60. The number of pyridine rings is 1. The average Bonchev–Trinajstić information content (AvgIpc) is 3.82. The number of piperazine rings is 1. The predicted octanol–water partition coefficient (Wildman–Crippen LogP) is 2.89. The number of hydrogen-bond acceptors (Lipinski definition) is 8. The molecule has 1 amide bonds. The molecular formula is C32H34N10O. The molecule has 2 saturated heterocycles. The van der Waals surface area contributed by atoms with Crippen molar-refractivity contribution in [1.29, 1.82) is 0 Å². The van der Waals surface area contributed by atoms with Gasteiger partial charge in [-0.1, -0.05) is 30.3 Å². The summed E-state index contributed by atoms with van der Waals surface area (Å²) in [6.07, 6.45) is 11.1. The van der Waals surface area contributed by atoms with Gasteiger partial charge in [0.05, 0.1) is 35.9 Å². The minimum Gasteiger partial charge on any atom is -0.353 e. The van der Waals surface area contributed by atoms with Gasteiger partial charge < -0.3 is 15.1 Å². The van der Waals surface area contributed by atoms with Gasteiger partial charge in [-0.15, -0.1) is 0 Å². The molecule has 2 aliphatic rings. The summed E-state index contributed by atoms with van der Waals surface area (Å²) in [5.74, 6) is 1.34. The molecule has 218 valence electrons. The molecule has 5 aromatic rings. The highest BCUT2D eigenvalue weighted by Gasteiger charge is 2.37. The number of aromatic nitrogens is 6. The van der Waals surface area contributed by atoms with E-state index in [1.54, 1.807) is 30.3 Å². The average molecular weight is 575 g/mol. The van der Waals surface area contributed by atoms with E-state index in [2.05, 4.69) is 55.7 Å². The van der Waals surface area contributed by atoms with Gasteiger partial charge in [-0.2, -0.15) is 10.2 Å². The molecule has 6 heterocycles. The maximum atomic E-state index is 13.5. The molecule has 11 heteroatoms. The van der Waals surface area contributed by atoms with Crippen LogP contribution in [0.2, 0.25) is 0 Å². The molecule has 2 aliphatic heterocycles. The van der Waals surface area contributed by atoms with Crippen molar-refractivity contribution < 1.29 is 4.79 Å². The number of carbonyl (C=O) groups is 1. The maximum Gasteiger partial charge on any atom is 0.227 e. The molecule has 4 aromatic heterocycles. The van der Waals surface area contributed by atoms with E-state index in [0.29, 0.717) is 13.1 Å². The van der Waals surface area contributed by atoms with Crippen LogP contribution in [0.15, 0.2) is 78.4 Å². The summed E-state index contributed by atoms with van der Waals surface area (Å²) in [5.41, 5.74) is 6.34. The molecule has 43 heavy (non-hydrogen) atoms. The highest BCUT2D eigenvalue weighted by molar-refractivity contribution is 5.95. The minimum atomic E-state index is -0.0238. The van der Waals surface area contributed by atoms with E-state index in [9.17, 15) is 4.79 Å². The number of anilines is 1. The molecule has 0 aliphatic carbocycles. The van der Waals surface area contributed by atoms with Crippen LogP contribution in [0.3, 0.4) is 0 Å². The number of benzene rings is 1. The molecule has 0 saturated carbocycles. The van der Waals surface area contributed by atoms with Crippen LogP contribution >= 0.6 is 0 Å². The van der Waals surface area contributed by atoms with E-state index >= 15 is 0 Å². The van der Waals surface area contributed by atoms with Crippen molar-refractivity contribution in [1.82, 2.24) is 39.6 Å². The van der Waals surface area contributed by atoms with Gasteiger partial charge in [0.15, 0.2) is 0 Å². The quantitative estimate of drug-likeness (QED) is 0.311. The van der Waals surface area contributed by atoms with Crippen LogP contribution in [0.5, 0.6) is 0 Å². The number of rotatable bonds is 6. The number of hydrogen-bond donors (Lipinski definition) is 1. The Labute approximate surface area is 249 Å². The SMILES string of the molecule is CN=Cc1cnn2cc(-c3cnn(C)c3)nc(-c3ccc(N4CCN(C(=O)[C@@H]5CNC[C@H]5c5ccccc5)CC4)nc3)c12. The van der Waals surface area contributed by atoms with Crippen molar-refractivity contribution in [3.63, 3.8) is 0 Å². The Bertz CT molecular complexity index is 1770. The van der Waals surface area contributed by atoms with Gasteiger partial charge in [-0.05, 0) is 17.7 Å². The van der Waals surface area contributed by atoms with E-state index < -0.39 is 0 Å². The number of aliphatic imine (C=N–C) groups is 1. The Morgan fingerprint density at radius 2 is 1.79 bits per heavy atom. The zero-order valence-corrected chi connectivity index (χ0v) is 24.3. The molecule has 1 aromatic carbocycles. The normalized spacial score (nSPS) is 19.1. The van der Waals surface area contributed by atoms with Gasteiger partial charge in [0.25, 0.3) is 0 Å². The minimum absolute atomic E-state index is 0.0238. The number of nitrogens with zero attached hydrogens (tertiary/aromatic N) is 9. The Morgan fingerprint density at radius 3 is 2.51 bits per heavy atom. The summed E-state index contributed by atoms with van der Waals surface area (Å²) >= 11 is 0. The van der Waals surface area contributed by atoms with E-state index in [0.717, 1.165) is 65.6 Å². The lowest BCUT2D eigenvalue weighted by Gasteiger charge is -2.37. The Balaban J connectivity index is 1.09. The zero-order chi connectivity index (χ0) is 29.3. The monoisotopic (exact) mass is 574 g/mol. The summed E-state index contributed by atoms with van der Waals surface area (Å²) in [4.78, 5) is 31.9. The van der Waals surface area contributed by atoms with Crippen molar-refractivity contribution >= 4 is 23.5 Å². The summed E-state index contributed by atoms with van der Waals surface area (Å²) in [7, 11) is 3.63. The topological polar surface area (TPSA) is 109 Å². The van der Waals surface area contributed by atoms with Crippen molar-refractivity contribution in [2.45, 2.75) is 5.92 Å². The maximum absolute atomic E-state index is 13.5. The predicted molar refractivity (Wildman–Crippen MR) is 166 cm³/mol. The first kappa shape index (κ1) is 27.0. The van der Waals surface area contributed by atoms with Gasteiger partial charge in [0.1, 0.15) is 11.3 Å². The standard InChI is InChI=1S/C32H34N10O/c1-33-14-24-16-37-42-21-28(25-17-36-39(2)20-25)38-30(31(24)42)23-8-9-29(35-15-23)40-10-12-41(13-11-40)32(43)27-19-34-18-26(27)22-6-4-3-5-7-22/h3-9,14-17,20-21,26-27,34H,10-13,18-19H2,1-2H3/t26-,27+/m0/s1. The second-order valence-corrected chi connectivity index (χ2v) is 11.2. The molecule has 0 bridgehead atoms. The molecular weight excluding hydrogens is 540 g/mol. The molecule has 2 atom stereocenters. The fraction of sp³-hybridized carbons (Fsp3) is 0.312. The zero-order valence-electron chi connectivity index (χ0n) is 24.3. The largest absolute Gasteiger partial charge is 0.353 e. The van der Waals surface area contributed by atoms with Crippen LogP contribution in [0.4, 0.5) is 5.82 Å². The molecule has 0 radical (unpaired) electrons. The lowest BCUT2D eigenvalue weighted by Crippen LogP contribution is -2.51. The van der Waals surface area contributed by atoms with Gasteiger partial charge in [0, 0.05) is 94.6 Å². The van der Waals surface area contributed by atoms with Crippen molar-refractivity contribution in [2.24, 2.45) is 18.0 Å². The van der Waals surface area contributed by atoms with Crippen LogP contribution in [0.25, 0.3) is 28.0 Å². The Morgan fingerprint density at radius 1 is 0.953 bits per heavy atom. The first-order valence-electron chi connectivity index (χ1n) is 14.6. The van der Waals surface area contributed by atoms with E-state index in [-0.39, 0.29) is 17.7 Å². The first-order chi connectivity index (χ1) is 21.1. The molecule has 11 nitrogen and oxygen atoms in total. The first-order valence-corrected chi connectivity index (χ1v) is 14.6. The van der Waals surface area contributed by atoms with Crippen LogP contribution in [-0.2, 0) is 11.8 Å². The van der Waals surface area contributed by atoms with Gasteiger partial charge in [0.2, 0.25) is 5.91 Å². The van der Waals surface area contributed by atoms with Gasteiger partial charge in [-0.25, -0.2) is 14.5 Å². The fourth-order valence-corrected chi connectivity index (χ4v) is 6.26. The van der Waals surface area contributed by atoms with Crippen LogP contribution < -0.4 is 10.2 Å². The molecule has 0 unspecified atom stereocenters. The summed E-state index contributed by atoms with van der Waals surface area (Å²) in [5, 5.41) is 12.3. The third-order valence-corrected chi connectivity index (χ3v) is 8.49. The van der Waals surface area contributed by atoms with E-state index in [4.69, 9.17) is 9.97 Å². The number of amides is 1. The van der Waals surface area contributed by atoms with Crippen LogP contribution in [-0.4, -0.2) is 92.7 Å². The van der Waals surface area contributed by atoms with E-state index in [1.807, 2.05) is 47.2 Å². The Hall–Kier alpha value is -4.90. The molecule has 1 N–H and O–H groups in total. The summed E-state index contributed by atoms with van der Waals surface area (Å²) in [6.45, 7) is 4.43. The number of aryl methyl sites for hydroxylation is 1. The third kappa shape index (κ3) is 5.16. The van der Waals surface area contributed by atoms with Gasteiger partial charge in [-0.3, -0.25) is 14.5 Å². The second-order valence-electron chi connectivity index (χ2n) is 11.2. The summed E-state index contributed by atoms with van der Waals surface area (Å²) in [6, 6.07) is 14.5. The van der Waals surface area contributed by atoms with Crippen molar-refractivity contribution in [3.05, 3.63) is 84.6 Å². The number of carbonyl (C=O) groups excluding carboxylic acids is 1. The smallest absolute Gasteiger partial charge is 0.227 e. The molecule has 0 spiro atoms. The van der Waals surface area contributed by atoms with Gasteiger partial charge >= 0.3 is 0 Å². The highest BCUT2D eigenvalue weighted by atomic mass is 16.2. The molecule has 2 fully saturated rings. The van der Waals surface area contributed by atoms with E-state index in [1.165, 1.54) is 5.56 Å². The second kappa shape index (κ2) is 11.4. The molecule has 7 rings (SSSR count). The highest BCUT2D eigenvalue weighted by Crippen LogP contribution is 2.31. The Kier molecular flexibility index (Phi) is 7.15. The van der Waals surface area contributed by atoms with Crippen LogP contribution in [0, 0.1) is 5.92 Å². The van der Waals surface area contributed by atoms with Crippen LogP contribution in [0.1, 0.15) is 17.0 Å². The van der Waals surface area contributed by atoms with Crippen molar-refractivity contribution in [3.8, 4) is 22.5 Å². The number of fused-ring (bicyclic) bond motifs is 1. The lowest BCUT2D eigenvalue weighted by atomic mass is 9.88. The number of nitrogens with one attached hydrogen (secondary N) is 1. The third-order valence-electron chi connectivity index (χ3n) is 8.49.